The summed E-state index contributed by atoms with van der Waals surface area (Å²) >= 11 is 0. The van der Waals surface area contributed by atoms with E-state index in [4.69, 9.17) is 9.72 Å². The van der Waals surface area contributed by atoms with Gasteiger partial charge in [-0.1, -0.05) is 67.0 Å². The second kappa shape index (κ2) is 11.8. The third kappa shape index (κ3) is 5.53. The van der Waals surface area contributed by atoms with Crippen molar-refractivity contribution in [3.8, 4) is 39.8 Å². The number of hydrogen-bond acceptors (Lipinski definition) is 8. The highest BCUT2D eigenvalue weighted by atomic mass is 16.5. The van der Waals surface area contributed by atoms with Crippen LogP contribution in [0.25, 0.3) is 34.0 Å². The second-order valence-corrected chi connectivity index (χ2v) is 9.08. The fourth-order valence-electron chi connectivity index (χ4n) is 4.51. The minimum Gasteiger partial charge on any atom is -0.491 e. The van der Waals surface area contributed by atoms with Gasteiger partial charge in [-0.3, -0.25) is 9.51 Å². The topological polar surface area (TPSA) is 149 Å². The normalized spacial score (nSPS) is 11.1. The average Bonchev–Trinajstić information content (AvgIpc) is 3.56. The molecule has 0 radical (unpaired) electrons. The van der Waals surface area contributed by atoms with Crippen LogP contribution in [0.1, 0.15) is 48.6 Å². The molecule has 0 bridgehead atoms. The molecule has 0 saturated heterocycles. The molecule has 0 atom stereocenters. The van der Waals surface area contributed by atoms with Crippen LogP contribution in [-0.2, 0) is 13.0 Å². The summed E-state index contributed by atoms with van der Waals surface area (Å²) in [4.78, 5) is 39.9. The van der Waals surface area contributed by atoms with Crippen LogP contribution in [0.5, 0.6) is 5.75 Å². The Balaban J connectivity index is 1.50. The maximum absolute atomic E-state index is 12.5. The van der Waals surface area contributed by atoms with Crippen molar-refractivity contribution in [3.63, 3.8) is 0 Å². The lowest BCUT2D eigenvalue weighted by atomic mass is 9.98. The molecule has 0 aliphatic carbocycles. The molecule has 11 heteroatoms. The molecule has 40 heavy (non-hydrogen) atoms. The van der Waals surface area contributed by atoms with Crippen molar-refractivity contribution in [1.29, 1.82) is 0 Å². The average molecular weight is 541 g/mol. The largest absolute Gasteiger partial charge is 0.491 e. The number of ether oxygens (including phenoxy) is 1. The molecule has 0 unspecified atom stereocenters. The summed E-state index contributed by atoms with van der Waals surface area (Å²) in [7, 11) is 0. The molecule has 204 valence electrons. The first-order chi connectivity index (χ1) is 19.5. The van der Waals surface area contributed by atoms with Crippen molar-refractivity contribution < 1.29 is 19.2 Å². The van der Waals surface area contributed by atoms with Crippen LogP contribution < -0.4 is 10.5 Å². The molecule has 3 heterocycles. The summed E-state index contributed by atoms with van der Waals surface area (Å²) in [5.74, 6) is 0.0222. The number of nitrogens with zero attached hydrogens (tertiary/aromatic N) is 5. The molecule has 2 aromatic carbocycles. The van der Waals surface area contributed by atoms with Crippen molar-refractivity contribution in [1.82, 2.24) is 29.7 Å². The maximum Gasteiger partial charge on any atom is 0.439 e. The van der Waals surface area contributed by atoms with Crippen LogP contribution in [-0.4, -0.2) is 47.3 Å². The highest BCUT2D eigenvalue weighted by Crippen LogP contribution is 2.30. The molecule has 0 fully saturated rings. The smallest absolute Gasteiger partial charge is 0.439 e. The molecule has 0 spiro atoms. The van der Waals surface area contributed by atoms with Crippen LogP contribution >= 0.6 is 0 Å². The van der Waals surface area contributed by atoms with Gasteiger partial charge in [0.1, 0.15) is 11.5 Å². The number of rotatable bonds is 11. The van der Waals surface area contributed by atoms with Crippen molar-refractivity contribution in [2.75, 3.05) is 6.61 Å². The molecule has 0 saturated carbocycles. The zero-order valence-electron chi connectivity index (χ0n) is 22.1. The van der Waals surface area contributed by atoms with Gasteiger partial charge in [0.2, 0.25) is 0 Å². The van der Waals surface area contributed by atoms with Crippen molar-refractivity contribution in [2.24, 2.45) is 0 Å². The SMILES string of the molecule is CCCCc1nc(-c2ncc(OCC)cn2)c(C(=O)O)n1Cc1ccc(-c2ccccc2-c2noc(=O)[nH]2)cc1. The molecule has 3 aromatic heterocycles. The fraction of sp³-hybridized carbons (Fsp3) is 0.241. The number of aromatic carboxylic acids is 1. The van der Waals surface area contributed by atoms with E-state index >= 15 is 0 Å². The lowest BCUT2D eigenvalue weighted by molar-refractivity contribution is 0.0686. The van der Waals surface area contributed by atoms with Gasteiger partial charge in [-0.2, -0.15) is 0 Å². The van der Waals surface area contributed by atoms with Crippen molar-refractivity contribution in [3.05, 3.63) is 88.6 Å². The van der Waals surface area contributed by atoms with Gasteiger partial charge in [-0.15, -0.1) is 0 Å². The van der Waals surface area contributed by atoms with E-state index in [-0.39, 0.29) is 17.2 Å². The minimum atomic E-state index is -1.10. The van der Waals surface area contributed by atoms with E-state index in [1.165, 1.54) is 12.4 Å². The fourth-order valence-corrected chi connectivity index (χ4v) is 4.51. The van der Waals surface area contributed by atoms with Gasteiger partial charge in [-0.05, 0) is 30.0 Å². The van der Waals surface area contributed by atoms with E-state index in [2.05, 4.69) is 31.6 Å². The van der Waals surface area contributed by atoms with Crippen molar-refractivity contribution >= 4 is 5.97 Å². The molecule has 0 aliphatic heterocycles. The van der Waals surface area contributed by atoms with Gasteiger partial charge in [0, 0.05) is 18.5 Å². The zero-order chi connectivity index (χ0) is 28.1. The Bertz CT molecular complexity index is 1670. The van der Waals surface area contributed by atoms with E-state index in [9.17, 15) is 14.7 Å². The summed E-state index contributed by atoms with van der Waals surface area (Å²) in [6.07, 6.45) is 5.46. The molecule has 11 nitrogen and oxygen atoms in total. The van der Waals surface area contributed by atoms with Gasteiger partial charge >= 0.3 is 11.7 Å². The minimum absolute atomic E-state index is 0.0414. The number of aryl methyl sites for hydroxylation is 1. The van der Waals surface area contributed by atoms with Gasteiger partial charge in [-0.25, -0.2) is 24.5 Å². The van der Waals surface area contributed by atoms with Gasteiger partial charge in [0.25, 0.3) is 0 Å². The third-order valence-electron chi connectivity index (χ3n) is 6.38. The number of H-pyrrole nitrogens is 1. The van der Waals surface area contributed by atoms with E-state index in [0.717, 1.165) is 35.1 Å². The Morgan fingerprint density at radius 1 is 1.05 bits per heavy atom. The Labute approximate surface area is 229 Å². The maximum atomic E-state index is 12.5. The molecule has 5 rings (SSSR count). The lowest BCUT2D eigenvalue weighted by Gasteiger charge is -2.12. The second-order valence-electron chi connectivity index (χ2n) is 9.08. The Morgan fingerprint density at radius 3 is 2.40 bits per heavy atom. The summed E-state index contributed by atoms with van der Waals surface area (Å²) in [5.41, 5.74) is 3.67. The lowest BCUT2D eigenvalue weighted by Crippen LogP contribution is -2.13. The number of benzene rings is 2. The van der Waals surface area contributed by atoms with E-state index in [1.807, 2.05) is 55.5 Å². The zero-order valence-corrected chi connectivity index (χ0v) is 22.1. The van der Waals surface area contributed by atoms with E-state index < -0.39 is 11.7 Å². The number of aromatic amines is 1. The number of imidazole rings is 1. The molecule has 0 amide bonds. The summed E-state index contributed by atoms with van der Waals surface area (Å²) < 4.78 is 11.8. The molecule has 0 aliphatic rings. The summed E-state index contributed by atoms with van der Waals surface area (Å²) in [6, 6.07) is 15.3. The van der Waals surface area contributed by atoms with Gasteiger partial charge in [0.15, 0.2) is 23.1 Å². The van der Waals surface area contributed by atoms with Gasteiger partial charge in [0.05, 0.1) is 19.0 Å². The van der Waals surface area contributed by atoms with E-state index in [1.54, 1.807) is 4.57 Å². The Kier molecular flexibility index (Phi) is 7.81. The molecular formula is C29H28N6O5. The Hall–Kier alpha value is -5.06. The Morgan fingerprint density at radius 2 is 1.77 bits per heavy atom. The first-order valence-electron chi connectivity index (χ1n) is 13.0. The first kappa shape index (κ1) is 26.5. The standard InChI is InChI=1S/C29H28N6O5/c1-3-5-10-23-32-24(27-30-15-20(16-31-27)39-4-2)25(28(36)37)35(23)17-18-11-13-19(14-12-18)21-8-6-7-9-22(21)26-33-29(38)40-34-26/h6-9,11-16H,3-5,10,17H2,1-2H3,(H,36,37)(H,33,34,38). The molecule has 2 N–H and O–H groups in total. The number of unbranched alkanes of at least 4 members (excludes halogenated alkanes) is 1. The number of nitrogens with one attached hydrogen (secondary N) is 1. The predicted octanol–water partition coefficient (Wildman–Crippen LogP) is 4.84. The first-order valence-corrected chi connectivity index (χ1v) is 13.0. The van der Waals surface area contributed by atoms with Crippen molar-refractivity contribution in [2.45, 2.75) is 39.7 Å². The number of hydrogen-bond donors (Lipinski definition) is 2. The van der Waals surface area contributed by atoms with Crippen LogP contribution in [0, 0.1) is 0 Å². The number of carboxylic acid groups (broad SMARTS) is 1. The molecular weight excluding hydrogens is 512 g/mol. The third-order valence-corrected chi connectivity index (χ3v) is 6.38. The van der Waals surface area contributed by atoms with Crippen LogP contribution in [0.15, 0.2) is 70.2 Å². The quantitative estimate of drug-likeness (QED) is 0.240. The highest BCUT2D eigenvalue weighted by molar-refractivity contribution is 5.92. The summed E-state index contributed by atoms with van der Waals surface area (Å²) in [6.45, 7) is 4.72. The number of aromatic nitrogens is 6. The highest BCUT2D eigenvalue weighted by Gasteiger charge is 2.25. The van der Waals surface area contributed by atoms with Gasteiger partial charge < -0.3 is 14.4 Å². The van der Waals surface area contributed by atoms with Crippen LogP contribution in [0.4, 0.5) is 0 Å². The van der Waals surface area contributed by atoms with E-state index in [0.29, 0.717) is 37.0 Å². The number of carboxylic acids is 1. The number of carbonyl (C=O) groups is 1. The predicted molar refractivity (Wildman–Crippen MR) is 147 cm³/mol. The monoisotopic (exact) mass is 540 g/mol. The van der Waals surface area contributed by atoms with Crippen LogP contribution in [0.3, 0.4) is 0 Å². The van der Waals surface area contributed by atoms with Crippen LogP contribution in [0.2, 0.25) is 0 Å². The summed E-state index contributed by atoms with van der Waals surface area (Å²) in [5, 5.41) is 14.0. The molecule has 5 aromatic rings.